The number of benzene rings is 1. The highest BCUT2D eigenvalue weighted by Crippen LogP contribution is 2.24. The first-order chi connectivity index (χ1) is 9.06. The van der Waals surface area contributed by atoms with E-state index >= 15 is 0 Å². The molecule has 1 aromatic carbocycles. The maximum Gasteiger partial charge on any atom is 0.341 e. The number of rotatable bonds is 7. The Bertz CT molecular complexity index is 410. The summed E-state index contributed by atoms with van der Waals surface area (Å²) in [6.07, 6.45) is 2.12. The fourth-order valence-electron chi connectivity index (χ4n) is 1.88. The van der Waals surface area contributed by atoms with E-state index in [1.807, 2.05) is 19.1 Å². The predicted molar refractivity (Wildman–Crippen MR) is 76.7 cm³/mol. The molecule has 0 saturated heterocycles. The number of aryl methyl sites for hydroxylation is 1. The molecule has 0 aliphatic heterocycles. The highest BCUT2D eigenvalue weighted by molar-refractivity contribution is 5.93. The van der Waals surface area contributed by atoms with Crippen molar-refractivity contribution in [1.82, 2.24) is 0 Å². The minimum absolute atomic E-state index is 0.315. The summed E-state index contributed by atoms with van der Waals surface area (Å²) in [5.74, 6) is 1.01. The SMILES string of the molecule is CCOC(=O)c1cccc(C)c1OCCCC(C)C. The van der Waals surface area contributed by atoms with E-state index in [0.29, 0.717) is 30.4 Å². The van der Waals surface area contributed by atoms with Gasteiger partial charge in [0.15, 0.2) is 0 Å². The van der Waals surface area contributed by atoms with Crippen LogP contribution in [0.25, 0.3) is 0 Å². The number of ether oxygens (including phenoxy) is 2. The van der Waals surface area contributed by atoms with E-state index in [2.05, 4.69) is 13.8 Å². The van der Waals surface area contributed by atoms with Crippen LogP contribution in [0.4, 0.5) is 0 Å². The Morgan fingerprint density at radius 1 is 1.32 bits per heavy atom. The van der Waals surface area contributed by atoms with Crippen molar-refractivity contribution in [3.63, 3.8) is 0 Å². The highest BCUT2D eigenvalue weighted by Gasteiger charge is 2.15. The highest BCUT2D eigenvalue weighted by atomic mass is 16.5. The fraction of sp³-hybridized carbons (Fsp3) is 0.562. The molecule has 0 aliphatic carbocycles. The Hall–Kier alpha value is -1.51. The lowest BCUT2D eigenvalue weighted by Gasteiger charge is -2.13. The smallest absolute Gasteiger partial charge is 0.341 e. The first-order valence-electron chi connectivity index (χ1n) is 6.95. The van der Waals surface area contributed by atoms with E-state index in [1.165, 1.54) is 0 Å². The summed E-state index contributed by atoms with van der Waals surface area (Å²) in [6.45, 7) is 9.14. The third-order valence-electron chi connectivity index (χ3n) is 2.88. The van der Waals surface area contributed by atoms with Crippen molar-refractivity contribution >= 4 is 5.97 Å². The molecule has 0 spiro atoms. The van der Waals surface area contributed by atoms with Crippen LogP contribution in [0.3, 0.4) is 0 Å². The zero-order valence-corrected chi connectivity index (χ0v) is 12.4. The monoisotopic (exact) mass is 264 g/mol. The van der Waals surface area contributed by atoms with Crippen LogP contribution in [0.1, 0.15) is 49.5 Å². The van der Waals surface area contributed by atoms with Crippen LogP contribution in [-0.4, -0.2) is 19.2 Å². The van der Waals surface area contributed by atoms with Crippen LogP contribution in [0, 0.1) is 12.8 Å². The van der Waals surface area contributed by atoms with Gasteiger partial charge in [-0.3, -0.25) is 0 Å². The molecule has 0 fully saturated rings. The van der Waals surface area contributed by atoms with E-state index < -0.39 is 0 Å². The van der Waals surface area contributed by atoms with Crippen LogP contribution in [0.15, 0.2) is 18.2 Å². The van der Waals surface area contributed by atoms with Gasteiger partial charge in [0.1, 0.15) is 11.3 Å². The lowest BCUT2D eigenvalue weighted by molar-refractivity contribution is 0.0521. The normalized spacial score (nSPS) is 10.6. The van der Waals surface area contributed by atoms with Crippen molar-refractivity contribution in [3.05, 3.63) is 29.3 Å². The van der Waals surface area contributed by atoms with E-state index in [0.717, 1.165) is 18.4 Å². The quantitative estimate of drug-likeness (QED) is 0.552. The molecule has 0 atom stereocenters. The molecule has 0 unspecified atom stereocenters. The zero-order valence-electron chi connectivity index (χ0n) is 12.4. The third-order valence-corrected chi connectivity index (χ3v) is 2.88. The molecule has 3 heteroatoms. The van der Waals surface area contributed by atoms with Gasteiger partial charge >= 0.3 is 5.97 Å². The van der Waals surface area contributed by atoms with Gasteiger partial charge in [0.25, 0.3) is 0 Å². The topological polar surface area (TPSA) is 35.5 Å². The molecule has 3 nitrogen and oxygen atoms in total. The van der Waals surface area contributed by atoms with Gasteiger partial charge in [-0.15, -0.1) is 0 Å². The number of esters is 1. The minimum atomic E-state index is -0.315. The molecule has 106 valence electrons. The van der Waals surface area contributed by atoms with Crippen LogP contribution in [-0.2, 0) is 4.74 Å². The molecule has 0 aromatic heterocycles. The first kappa shape index (κ1) is 15.5. The standard InChI is InChI=1S/C16H24O3/c1-5-18-16(17)14-10-6-9-13(4)15(14)19-11-7-8-12(2)3/h6,9-10,12H,5,7-8,11H2,1-4H3. The first-order valence-corrected chi connectivity index (χ1v) is 6.95. The summed E-state index contributed by atoms with van der Waals surface area (Å²) in [6, 6.07) is 5.55. The number of hydrogen-bond donors (Lipinski definition) is 0. The Balaban J connectivity index is 2.72. The van der Waals surface area contributed by atoms with Gasteiger partial charge < -0.3 is 9.47 Å². The van der Waals surface area contributed by atoms with Crippen LogP contribution in [0.2, 0.25) is 0 Å². The Morgan fingerprint density at radius 3 is 2.68 bits per heavy atom. The summed E-state index contributed by atoms with van der Waals surface area (Å²) in [5, 5.41) is 0. The van der Waals surface area contributed by atoms with Crippen LogP contribution < -0.4 is 4.74 Å². The largest absolute Gasteiger partial charge is 0.492 e. The van der Waals surface area contributed by atoms with E-state index in [1.54, 1.807) is 13.0 Å². The van der Waals surface area contributed by atoms with Crippen LogP contribution >= 0.6 is 0 Å². The average Bonchev–Trinajstić information content (AvgIpc) is 2.36. The number of carbonyl (C=O) groups excluding carboxylic acids is 1. The molecule has 0 aliphatic rings. The van der Waals surface area contributed by atoms with Crippen molar-refractivity contribution < 1.29 is 14.3 Å². The summed E-state index contributed by atoms with van der Waals surface area (Å²) >= 11 is 0. The molecule has 0 heterocycles. The van der Waals surface area contributed by atoms with Crippen LogP contribution in [0.5, 0.6) is 5.75 Å². The van der Waals surface area contributed by atoms with Gasteiger partial charge in [0.2, 0.25) is 0 Å². The van der Waals surface area contributed by atoms with Gasteiger partial charge in [0, 0.05) is 0 Å². The summed E-state index contributed by atoms with van der Waals surface area (Å²) < 4.78 is 10.8. The van der Waals surface area contributed by atoms with Gasteiger partial charge in [-0.2, -0.15) is 0 Å². The zero-order chi connectivity index (χ0) is 14.3. The Labute approximate surface area is 115 Å². The molecular weight excluding hydrogens is 240 g/mol. The molecule has 19 heavy (non-hydrogen) atoms. The predicted octanol–water partition coefficient (Wildman–Crippen LogP) is 3.99. The van der Waals surface area contributed by atoms with E-state index in [9.17, 15) is 4.79 Å². The second-order valence-electron chi connectivity index (χ2n) is 5.06. The molecule has 0 saturated carbocycles. The lowest BCUT2D eigenvalue weighted by atomic mass is 10.1. The molecule has 1 rings (SSSR count). The molecule has 0 N–H and O–H groups in total. The number of para-hydroxylation sites is 1. The number of hydrogen-bond acceptors (Lipinski definition) is 3. The third kappa shape index (κ3) is 4.93. The summed E-state index contributed by atoms with van der Waals surface area (Å²) in [7, 11) is 0. The minimum Gasteiger partial charge on any atom is -0.492 e. The van der Waals surface area contributed by atoms with Gasteiger partial charge in [-0.1, -0.05) is 26.0 Å². The maximum atomic E-state index is 11.9. The van der Waals surface area contributed by atoms with Crippen molar-refractivity contribution in [3.8, 4) is 5.75 Å². The Morgan fingerprint density at radius 2 is 2.05 bits per heavy atom. The van der Waals surface area contributed by atoms with Gasteiger partial charge in [-0.25, -0.2) is 4.79 Å². The van der Waals surface area contributed by atoms with Crippen molar-refractivity contribution in [1.29, 1.82) is 0 Å². The average molecular weight is 264 g/mol. The fourth-order valence-corrected chi connectivity index (χ4v) is 1.88. The lowest BCUT2D eigenvalue weighted by Crippen LogP contribution is -2.10. The molecular formula is C16H24O3. The van der Waals surface area contributed by atoms with Gasteiger partial charge in [0.05, 0.1) is 13.2 Å². The second-order valence-corrected chi connectivity index (χ2v) is 5.06. The molecule has 0 radical (unpaired) electrons. The molecule has 0 amide bonds. The molecule has 0 bridgehead atoms. The van der Waals surface area contributed by atoms with Crippen molar-refractivity contribution in [2.75, 3.05) is 13.2 Å². The number of carbonyl (C=O) groups is 1. The summed E-state index contributed by atoms with van der Waals surface area (Å²) in [5.41, 5.74) is 1.49. The summed E-state index contributed by atoms with van der Waals surface area (Å²) in [4.78, 5) is 11.9. The van der Waals surface area contributed by atoms with E-state index in [-0.39, 0.29) is 5.97 Å². The van der Waals surface area contributed by atoms with Crippen molar-refractivity contribution in [2.45, 2.75) is 40.5 Å². The van der Waals surface area contributed by atoms with Crippen molar-refractivity contribution in [2.24, 2.45) is 5.92 Å². The Kier molecular flexibility index (Phi) is 6.40. The second kappa shape index (κ2) is 7.82. The van der Waals surface area contributed by atoms with Gasteiger partial charge in [-0.05, 0) is 44.2 Å². The van der Waals surface area contributed by atoms with E-state index in [4.69, 9.17) is 9.47 Å². The maximum absolute atomic E-state index is 11.9. The molecule has 1 aromatic rings.